The van der Waals surface area contributed by atoms with Gasteiger partial charge in [0.1, 0.15) is 5.75 Å². The highest BCUT2D eigenvalue weighted by atomic mass is 16.5. The molecule has 0 aliphatic heterocycles. The number of benzene rings is 1. The fraction of sp³-hybridized carbons (Fsp3) is 0.286. The molecule has 1 heterocycles. The Labute approximate surface area is 106 Å². The van der Waals surface area contributed by atoms with Gasteiger partial charge in [-0.2, -0.15) is 0 Å². The monoisotopic (exact) mass is 244 g/mol. The van der Waals surface area contributed by atoms with Crippen molar-refractivity contribution < 1.29 is 9.84 Å². The minimum Gasteiger partial charge on any atom is -0.497 e. The van der Waals surface area contributed by atoms with E-state index in [1.165, 1.54) is 0 Å². The number of aliphatic hydroxyl groups excluding tert-OH is 1. The van der Waals surface area contributed by atoms with E-state index < -0.39 is 0 Å². The van der Waals surface area contributed by atoms with Gasteiger partial charge in [0.05, 0.1) is 13.7 Å². The number of hydrogen-bond donors (Lipinski definition) is 1. The first kappa shape index (κ1) is 12.5. The van der Waals surface area contributed by atoms with E-state index in [1.807, 2.05) is 38.1 Å². The molecule has 0 bridgehead atoms. The molecule has 2 rings (SSSR count). The van der Waals surface area contributed by atoms with Crippen molar-refractivity contribution in [3.63, 3.8) is 0 Å². The second-order valence-electron chi connectivity index (χ2n) is 4.08. The van der Waals surface area contributed by atoms with Crippen molar-refractivity contribution >= 4 is 0 Å². The molecule has 1 aromatic heterocycles. The molecule has 0 atom stereocenters. The Morgan fingerprint density at radius 2 is 1.61 bits per heavy atom. The summed E-state index contributed by atoms with van der Waals surface area (Å²) in [6, 6.07) is 7.60. The molecular weight excluding hydrogens is 228 g/mol. The summed E-state index contributed by atoms with van der Waals surface area (Å²) in [6.45, 7) is 3.74. The maximum Gasteiger partial charge on any atom is 0.159 e. The Hall–Kier alpha value is -1.94. The lowest BCUT2D eigenvalue weighted by Crippen LogP contribution is -2.02. The van der Waals surface area contributed by atoms with Gasteiger partial charge in [0.25, 0.3) is 0 Å². The first-order valence-electron chi connectivity index (χ1n) is 5.75. The molecule has 2 aromatic rings. The standard InChI is InChI=1S/C14H16N2O2/c1-9-13(8-17)10(2)16-14(15-9)11-4-6-12(18-3)7-5-11/h4-7,17H,8H2,1-3H3. The summed E-state index contributed by atoms with van der Waals surface area (Å²) < 4.78 is 5.12. The smallest absolute Gasteiger partial charge is 0.159 e. The predicted molar refractivity (Wildman–Crippen MR) is 69.4 cm³/mol. The van der Waals surface area contributed by atoms with Crippen LogP contribution in [0.3, 0.4) is 0 Å². The van der Waals surface area contributed by atoms with Gasteiger partial charge in [-0.1, -0.05) is 0 Å². The SMILES string of the molecule is COc1ccc(-c2nc(C)c(CO)c(C)n2)cc1. The second kappa shape index (κ2) is 5.14. The zero-order chi connectivity index (χ0) is 13.1. The molecule has 0 spiro atoms. The largest absolute Gasteiger partial charge is 0.497 e. The molecule has 0 fully saturated rings. The summed E-state index contributed by atoms with van der Waals surface area (Å²) in [5.41, 5.74) is 3.37. The molecule has 94 valence electrons. The van der Waals surface area contributed by atoms with Gasteiger partial charge in [0, 0.05) is 22.5 Å². The molecule has 1 N–H and O–H groups in total. The molecular formula is C14H16N2O2. The van der Waals surface area contributed by atoms with Crippen molar-refractivity contribution in [2.75, 3.05) is 7.11 Å². The third-order valence-corrected chi connectivity index (χ3v) is 2.93. The summed E-state index contributed by atoms with van der Waals surface area (Å²) in [6.07, 6.45) is 0. The van der Waals surface area contributed by atoms with Crippen molar-refractivity contribution in [1.29, 1.82) is 0 Å². The van der Waals surface area contributed by atoms with Crippen LogP contribution in [0.25, 0.3) is 11.4 Å². The van der Waals surface area contributed by atoms with Gasteiger partial charge in [-0.25, -0.2) is 9.97 Å². The number of methoxy groups -OCH3 is 1. The van der Waals surface area contributed by atoms with Gasteiger partial charge in [-0.05, 0) is 38.1 Å². The van der Waals surface area contributed by atoms with E-state index in [0.29, 0.717) is 5.82 Å². The van der Waals surface area contributed by atoms with Gasteiger partial charge in [-0.15, -0.1) is 0 Å². The van der Waals surface area contributed by atoms with Gasteiger partial charge < -0.3 is 9.84 Å². The molecule has 1 aromatic carbocycles. The molecule has 0 aliphatic carbocycles. The average Bonchev–Trinajstić information content (AvgIpc) is 2.38. The van der Waals surface area contributed by atoms with Gasteiger partial charge in [-0.3, -0.25) is 0 Å². The lowest BCUT2D eigenvalue weighted by atomic mass is 10.1. The number of aliphatic hydroxyl groups is 1. The molecule has 0 saturated heterocycles. The van der Waals surface area contributed by atoms with Crippen molar-refractivity contribution in [2.24, 2.45) is 0 Å². The maximum atomic E-state index is 9.23. The molecule has 0 unspecified atom stereocenters. The Morgan fingerprint density at radius 1 is 1.06 bits per heavy atom. The maximum absolute atomic E-state index is 9.23. The number of aromatic nitrogens is 2. The van der Waals surface area contributed by atoms with E-state index in [-0.39, 0.29) is 6.61 Å². The Kier molecular flexibility index (Phi) is 3.58. The van der Waals surface area contributed by atoms with Crippen LogP contribution in [0.4, 0.5) is 0 Å². The zero-order valence-electron chi connectivity index (χ0n) is 10.8. The quantitative estimate of drug-likeness (QED) is 0.899. The molecule has 0 radical (unpaired) electrons. The molecule has 4 heteroatoms. The molecule has 4 nitrogen and oxygen atoms in total. The predicted octanol–water partition coefficient (Wildman–Crippen LogP) is 2.26. The van der Waals surface area contributed by atoms with E-state index in [0.717, 1.165) is 28.3 Å². The minimum absolute atomic E-state index is 0.0272. The Morgan fingerprint density at radius 3 is 2.06 bits per heavy atom. The number of hydrogen-bond acceptors (Lipinski definition) is 4. The van der Waals surface area contributed by atoms with Crippen LogP contribution in [0.2, 0.25) is 0 Å². The van der Waals surface area contributed by atoms with Crippen LogP contribution in [-0.2, 0) is 6.61 Å². The number of aryl methyl sites for hydroxylation is 2. The summed E-state index contributed by atoms with van der Waals surface area (Å²) in [5, 5.41) is 9.23. The summed E-state index contributed by atoms with van der Waals surface area (Å²) in [5.74, 6) is 1.48. The highest BCUT2D eigenvalue weighted by Crippen LogP contribution is 2.21. The minimum atomic E-state index is -0.0272. The molecule has 0 amide bonds. The molecule has 18 heavy (non-hydrogen) atoms. The number of rotatable bonds is 3. The van der Waals surface area contributed by atoms with E-state index >= 15 is 0 Å². The highest BCUT2D eigenvalue weighted by molar-refractivity contribution is 5.57. The van der Waals surface area contributed by atoms with Crippen LogP contribution in [0.5, 0.6) is 5.75 Å². The summed E-state index contributed by atoms with van der Waals surface area (Å²) in [7, 11) is 1.63. The molecule has 0 saturated carbocycles. The van der Waals surface area contributed by atoms with Gasteiger partial charge >= 0.3 is 0 Å². The van der Waals surface area contributed by atoms with Gasteiger partial charge in [0.15, 0.2) is 5.82 Å². The van der Waals surface area contributed by atoms with Crippen LogP contribution < -0.4 is 4.74 Å². The summed E-state index contributed by atoms with van der Waals surface area (Å²) in [4.78, 5) is 8.84. The fourth-order valence-electron chi connectivity index (χ4n) is 1.84. The van der Waals surface area contributed by atoms with Crippen molar-refractivity contribution in [3.8, 4) is 17.1 Å². The van der Waals surface area contributed by atoms with Crippen LogP contribution in [-0.4, -0.2) is 22.2 Å². The van der Waals surface area contributed by atoms with Crippen molar-refractivity contribution in [2.45, 2.75) is 20.5 Å². The third kappa shape index (κ3) is 2.33. The van der Waals surface area contributed by atoms with Gasteiger partial charge in [0.2, 0.25) is 0 Å². The van der Waals surface area contributed by atoms with E-state index in [9.17, 15) is 5.11 Å². The zero-order valence-corrected chi connectivity index (χ0v) is 10.8. The highest BCUT2D eigenvalue weighted by Gasteiger charge is 2.09. The summed E-state index contributed by atoms with van der Waals surface area (Å²) >= 11 is 0. The van der Waals surface area contributed by atoms with Crippen molar-refractivity contribution in [3.05, 3.63) is 41.2 Å². The van der Waals surface area contributed by atoms with Crippen LogP contribution >= 0.6 is 0 Å². The van der Waals surface area contributed by atoms with Crippen LogP contribution in [0.15, 0.2) is 24.3 Å². The topological polar surface area (TPSA) is 55.2 Å². The normalized spacial score (nSPS) is 10.4. The fourth-order valence-corrected chi connectivity index (χ4v) is 1.84. The van der Waals surface area contributed by atoms with E-state index in [1.54, 1.807) is 7.11 Å². The number of ether oxygens (including phenoxy) is 1. The molecule has 0 aliphatic rings. The van der Waals surface area contributed by atoms with Crippen molar-refractivity contribution in [1.82, 2.24) is 9.97 Å². The lowest BCUT2D eigenvalue weighted by molar-refractivity contribution is 0.279. The Bertz CT molecular complexity index is 527. The Balaban J connectivity index is 2.44. The number of nitrogens with zero attached hydrogens (tertiary/aromatic N) is 2. The average molecular weight is 244 g/mol. The van der Waals surface area contributed by atoms with Crippen LogP contribution in [0.1, 0.15) is 17.0 Å². The van der Waals surface area contributed by atoms with Crippen LogP contribution in [0, 0.1) is 13.8 Å². The first-order valence-corrected chi connectivity index (χ1v) is 5.75. The van der Waals surface area contributed by atoms with E-state index in [4.69, 9.17) is 4.74 Å². The lowest BCUT2D eigenvalue weighted by Gasteiger charge is -2.09. The van der Waals surface area contributed by atoms with E-state index in [2.05, 4.69) is 9.97 Å². The third-order valence-electron chi connectivity index (χ3n) is 2.93. The first-order chi connectivity index (χ1) is 8.65. The second-order valence-corrected chi connectivity index (χ2v) is 4.08.